The molecule has 1 aromatic heterocycles. The summed E-state index contributed by atoms with van der Waals surface area (Å²) in [6.07, 6.45) is 2.03. The number of nitriles is 1. The van der Waals surface area contributed by atoms with Crippen molar-refractivity contribution in [2.45, 2.75) is 11.4 Å². The highest BCUT2D eigenvalue weighted by molar-refractivity contribution is 8.04. The molecule has 0 saturated heterocycles. The standard InChI is InChI=1S/C17H14N2OS/c1-20-14-7-8-16-15(9-14)17(21-12-18)11-19(16)10-13-5-3-2-4-6-13/h2-9,11H,10H2,1H3. The molecule has 0 N–H and O–H groups in total. The molecule has 21 heavy (non-hydrogen) atoms. The number of hydrogen-bond donors (Lipinski definition) is 0. The summed E-state index contributed by atoms with van der Waals surface area (Å²) in [6.45, 7) is 0.787. The fourth-order valence-corrected chi connectivity index (χ4v) is 2.96. The Hall–Kier alpha value is -2.38. The summed E-state index contributed by atoms with van der Waals surface area (Å²) in [6, 6.07) is 16.3. The first-order valence-corrected chi connectivity index (χ1v) is 7.40. The molecule has 3 nitrogen and oxygen atoms in total. The maximum Gasteiger partial charge on any atom is 0.138 e. The smallest absolute Gasteiger partial charge is 0.138 e. The Morgan fingerprint density at radius 1 is 1.19 bits per heavy atom. The number of fused-ring (bicyclic) bond motifs is 1. The third-order valence-corrected chi connectivity index (χ3v) is 4.04. The summed E-state index contributed by atoms with van der Waals surface area (Å²) < 4.78 is 7.45. The van der Waals surface area contributed by atoms with Gasteiger partial charge in [0.05, 0.1) is 7.11 Å². The molecule has 104 valence electrons. The van der Waals surface area contributed by atoms with Crippen molar-refractivity contribution in [2.24, 2.45) is 0 Å². The van der Waals surface area contributed by atoms with Gasteiger partial charge in [-0.05, 0) is 35.5 Å². The third-order valence-electron chi connectivity index (χ3n) is 3.40. The normalized spacial score (nSPS) is 10.5. The largest absolute Gasteiger partial charge is 0.497 e. The van der Waals surface area contributed by atoms with Gasteiger partial charge < -0.3 is 9.30 Å². The Morgan fingerprint density at radius 3 is 2.71 bits per heavy atom. The predicted molar refractivity (Wildman–Crippen MR) is 85.5 cm³/mol. The van der Waals surface area contributed by atoms with Crippen LogP contribution in [0.3, 0.4) is 0 Å². The average Bonchev–Trinajstić information content (AvgIpc) is 2.86. The van der Waals surface area contributed by atoms with Gasteiger partial charge in [0, 0.05) is 28.5 Å². The van der Waals surface area contributed by atoms with E-state index in [0.29, 0.717) is 0 Å². The van der Waals surface area contributed by atoms with Crippen LogP contribution in [-0.2, 0) is 6.54 Å². The predicted octanol–water partition coefficient (Wildman–Crippen LogP) is 4.27. The zero-order chi connectivity index (χ0) is 14.7. The minimum atomic E-state index is 0.787. The van der Waals surface area contributed by atoms with Gasteiger partial charge in [-0.1, -0.05) is 30.3 Å². The number of benzene rings is 2. The lowest BCUT2D eigenvalue weighted by molar-refractivity contribution is 0.415. The SMILES string of the molecule is COc1ccc2c(c1)c(SC#N)cn2Cc1ccccc1. The number of nitrogens with zero attached hydrogens (tertiary/aromatic N) is 2. The van der Waals surface area contributed by atoms with E-state index < -0.39 is 0 Å². The number of thioether (sulfide) groups is 1. The molecule has 0 aliphatic heterocycles. The maximum absolute atomic E-state index is 8.98. The number of rotatable bonds is 4. The van der Waals surface area contributed by atoms with Crippen LogP contribution in [0.5, 0.6) is 5.75 Å². The van der Waals surface area contributed by atoms with Crippen LogP contribution in [-0.4, -0.2) is 11.7 Å². The summed E-state index contributed by atoms with van der Waals surface area (Å²) in [4.78, 5) is 0.960. The quantitative estimate of drug-likeness (QED) is 0.532. The van der Waals surface area contributed by atoms with Gasteiger partial charge in [-0.2, -0.15) is 5.26 Å². The first-order valence-electron chi connectivity index (χ1n) is 6.58. The fourth-order valence-electron chi connectivity index (χ4n) is 2.41. The molecule has 0 aliphatic carbocycles. The second kappa shape index (κ2) is 5.94. The Bertz CT molecular complexity index is 803. The lowest BCUT2D eigenvalue weighted by Gasteiger charge is -2.06. The molecule has 1 heterocycles. The number of hydrogen-bond acceptors (Lipinski definition) is 3. The van der Waals surface area contributed by atoms with Gasteiger partial charge in [0.1, 0.15) is 11.2 Å². The van der Waals surface area contributed by atoms with Crippen LogP contribution in [0, 0.1) is 10.7 Å². The van der Waals surface area contributed by atoms with Crippen molar-refractivity contribution in [2.75, 3.05) is 7.11 Å². The lowest BCUT2D eigenvalue weighted by Crippen LogP contribution is -1.97. The average molecular weight is 294 g/mol. The molecule has 0 bridgehead atoms. The van der Waals surface area contributed by atoms with E-state index in [9.17, 15) is 0 Å². The molecular formula is C17H14N2OS. The van der Waals surface area contributed by atoms with Gasteiger partial charge >= 0.3 is 0 Å². The number of ether oxygens (including phenoxy) is 1. The third kappa shape index (κ3) is 2.74. The first kappa shape index (κ1) is 13.6. The molecule has 0 fully saturated rings. The lowest BCUT2D eigenvalue weighted by atomic mass is 10.2. The van der Waals surface area contributed by atoms with Crippen molar-refractivity contribution in [1.82, 2.24) is 4.57 Å². The Balaban J connectivity index is 2.08. The summed E-state index contributed by atoms with van der Waals surface area (Å²) in [5.41, 5.74) is 2.34. The van der Waals surface area contributed by atoms with E-state index in [1.165, 1.54) is 17.3 Å². The van der Waals surface area contributed by atoms with Crippen molar-refractivity contribution >= 4 is 22.7 Å². The van der Waals surface area contributed by atoms with Gasteiger partial charge in [-0.25, -0.2) is 0 Å². The molecule has 3 aromatic rings. The van der Waals surface area contributed by atoms with Crippen molar-refractivity contribution < 1.29 is 4.74 Å². The monoisotopic (exact) mass is 294 g/mol. The highest BCUT2D eigenvalue weighted by Crippen LogP contribution is 2.32. The molecule has 0 unspecified atom stereocenters. The Labute approximate surface area is 127 Å². The summed E-state index contributed by atoms with van der Waals surface area (Å²) >= 11 is 1.18. The number of thiocyanates is 1. The molecular weight excluding hydrogens is 280 g/mol. The molecule has 0 saturated carbocycles. The van der Waals surface area contributed by atoms with E-state index in [0.717, 1.165) is 28.1 Å². The molecule has 0 radical (unpaired) electrons. The zero-order valence-corrected chi connectivity index (χ0v) is 12.4. The van der Waals surface area contributed by atoms with E-state index in [1.54, 1.807) is 7.11 Å². The molecule has 0 amide bonds. The van der Waals surface area contributed by atoms with Gasteiger partial charge in [0.25, 0.3) is 0 Å². The summed E-state index contributed by atoms with van der Waals surface area (Å²) in [5, 5.41) is 12.2. The van der Waals surface area contributed by atoms with Crippen LogP contribution in [0.25, 0.3) is 10.9 Å². The van der Waals surface area contributed by atoms with Crippen molar-refractivity contribution in [3.8, 4) is 11.2 Å². The highest BCUT2D eigenvalue weighted by atomic mass is 32.2. The van der Waals surface area contributed by atoms with Crippen LogP contribution < -0.4 is 4.74 Å². The van der Waals surface area contributed by atoms with E-state index in [4.69, 9.17) is 10.00 Å². The molecule has 0 aliphatic rings. The van der Waals surface area contributed by atoms with Crippen molar-refractivity contribution in [1.29, 1.82) is 5.26 Å². The molecule has 0 atom stereocenters. The minimum absolute atomic E-state index is 0.787. The Kier molecular flexibility index (Phi) is 3.85. The van der Waals surface area contributed by atoms with E-state index in [1.807, 2.05) is 42.6 Å². The number of aromatic nitrogens is 1. The van der Waals surface area contributed by atoms with E-state index in [2.05, 4.69) is 22.1 Å². The minimum Gasteiger partial charge on any atom is -0.497 e. The van der Waals surface area contributed by atoms with Gasteiger partial charge in [-0.15, -0.1) is 0 Å². The van der Waals surface area contributed by atoms with Gasteiger partial charge in [-0.3, -0.25) is 0 Å². The van der Waals surface area contributed by atoms with Gasteiger partial charge in [0.15, 0.2) is 0 Å². The molecule has 4 heteroatoms. The van der Waals surface area contributed by atoms with Crippen LogP contribution in [0.2, 0.25) is 0 Å². The summed E-state index contributed by atoms with van der Waals surface area (Å²) in [5.74, 6) is 0.805. The van der Waals surface area contributed by atoms with E-state index >= 15 is 0 Å². The number of methoxy groups -OCH3 is 1. The first-order chi connectivity index (χ1) is 10.3. The summed E-state index contributed by atoms with van der Waals surface area (Å²) in [7, 11) is 1.65. The molecule has 0 spiro atoms. The maximum atomic E-state index is 8.98. The van der Waals surface area contributed by atoms with Crippen LogP contribution >= 0.6 is 11.8 Å². The highest BCUT2D eigenvalue weighted by Gasteiger charge is 2.10. The zero-order valence-electron chi connectivity index (χ0n) is 11.6. The fraction of sp³-hybridized carbons (Fsp3) is 0.118. The van der Waals surface area contributed by atoms with E-state index in [-0.39, 0.29) is 0 Å². The molecule has 3 rings (SSSR count). The van der Waals surface area contributed by atoms with Crippen LogP contribution in [0.1, 0.15) is 5.56 Å². The van der Waals surface area contributed by atoms with Gasteiger partial charge in [0.2, 0.25) is 0 Å². The second-order valence-electron chi connectivity index (χ2n) is 4.68. The van der Waals surface area contributed by atoms with Crippen LogP contribution in [0.4, 0.5) is 0 Å². The van der Waals surface area contributed by atoms with Crippen LogP contribution in [0.15, 0.2) is 59.6 Å². The molecule has 2 aromatic carbocycles. The van der Waals surface area contributed by atoms with Crippen molar-refractivity contribution in [3.63, 3.8) is 0 Å². The Morgan fingerprint density at radius 2 is 2.00 bits per heavy atom. The van der Waals surface area contributed by atoms with Crippen molar-refractivity contribution in [3.05, 3.63) is 60.3 Å². The topological polar surface area (TPSA) is 37.9 Å². The second-order valence-corrected chi connectivity index (χ2v) is 5.51.